The van der Waals surface area contributed by atoms with E-state index in [0.717, 1.165) is 0 Å². The van der Waals surface area contributed by atoms with E-state index in [1.54, 1.807) is 0 Å². The van der Waals surface area contributed by atoms with Crippen molar-refractivity contribution in [1.82, 2.24) is 0 Å². The van der Waals surface area contributed by atoms with E-state index < -0.39 is 0 Å². The molecule has 22 heavy (non-hydrogen) atoms. The van der Waals surface area contributed by atoms with Crippen molar-refractivity contribution in [2.45, 2.75) is 104 Å². The van der Waals surface area contributed by atoms with Gasteiger partial charge in [0.2, 0.25) is 0 Å². The number of benzene rings is 1. The van der Waals surface area contributed by atoms with Gasteiger partial charge in [0.15, 0.2) is 0 Å². The van der Waals surface area contributed by atoms with Crippen molar-refractivity contribution in [1.29, 1.82) is 0 Å². The van der Waals surface area contributed by atoms with Gasteiger partial charge in [0, 0.05) is 0 Å². The highest BCUT2D eigenvalue weighted by Gasteiger charge is 2.26. The molecule has 0 aliphatic rings. The topological polar surface area (TPSA) is 0 Å². The summed E-state index contributed by atoms with van der Waals surface area (Å²) in [5.41, 5.74) is 5.12. The molecular formula is C22H38. The van der Waals surface area contributed by atoms with Crippen LogP contribution in [0.25, 0.3) is 0 Å². The van der Waals surface area contributed by atoms with Crippen molar-refractivity contribution in [2.75, 3.05) is 0 Å². The molecule has 0 heteroatoms. The van der Waals surface area contributed by atoms with Crippen LogP contribution in [0.1, 0.15) is 105 Å². The van der Waals surface area contributed by atoms with Crippen LogP contribution in [0.15, 0.2) is 18.2 Å². The molecule has 0 saturated heterocycles. The van der Waals surface area contributed by atoms with Gasteiger partial charge in [-0.05, 0) is 39.4 Å². The largest absolute Gasteiger partial charge is 0.0654 e. The van der Waals surface area contributed by atoms with E-state index in [1.807, 2.05) is 0 Å². The Morgan fingerprint density at radius 3 is 1.41 bits per heavy atom. The molecule has 0 saturated carbocycles. The SMILES string of the molecule is CCCCCC(C)(C)c1cc(C(C)(C)C)cc(C(C)(C)C)c1. The second-order valence-electron chi connectivity index (χ2n) is 9.64. The number of hydrogen-bond acceptors (Lipinski definition) is 0. The van der Waals surface area contributed by atoms with Crippen LogP contribution in [0.2, 0.25) is 0 Å². The summed E-state index contributed by atoms with van der Waals surface area (Å²) < 4.78 is 0. The summed E-state index contributed by atoms with van der Waals surface area (Å²) in [5.74, 6) is 0. The lowest BCUT2D eigenvalue weighted by molar-refractivity contribution is 0.446. The molecule has 0 aliphatic heterocycles. The fraction of sp³-hybridized carbons (Fsp3) is 0.727. The van der Waals surface area contributed by atoms with E-state index >= 15 is 0 Å². The molecule has 0 aromatic heterocycles. The second-order valence-corrected chi connectivity index (χ2v) is 9.64. The highest BCUT2D eigenvalue weighted by atomic mass is 14.3. The Balaban J connectivity index is 3.29. The predicted molar refractivity (Wildman–Crippen MR) is 101 cm³/mol. The van der Waals surface area contributed by atoms with Crippen molar-refractivity contribution >= 4 is 0 Å². The third-order valence-electron chi connectivity index (χ3n) is 4.85. The van der Waals surface area contributed by atoms with Gasteiger partial charge in [-0.2, -0.15) is 0 Å². The average Bonchev–Trinajstić information content (AvgIpc) is 2.36. The maximum Gasteiger partial charge on any atom is -0.0103 e. The fourth-order valence-corrected chi connectivity index (χ4v) is 2.85. The minimum absolute atomic E-state index is 0.204. The molecule has 0 amide bonds. The molecule has 0 atom stereocenters. The zero-order chi connectivity index (χ0) is 17.2. The molecule has 1 aromatic carbocycles. The summed E-state index contributed by atoms with van der Waals surface area (Å²) in [6.07, 6.45) is 5.24. The quantitative estimate of drug-likeness (QED) is 0.507. The molecular weight excluding hydrogens is 264 g/mol. The Morgan fingerprint density at radius 2 is 1.05 bits per heavy atom. The maximum atomic E-state index is 2.46. The number of rotatable bonds is 5. The fourth-order valence-electron chi connectivity index (χ4n) is 2.85. The van der Waals surface area contributed by atoms with Gasteiger partial charge in [-0.25, -0.2) is 0 Å². The molecule has 1 aromatic rings. The van der Waals surface area contributed by atoms with Crippen LogP contribution in [-0.4, -0.2) is 0 Å². The highest BCUT2D eigenvalue weighted by Crippen LogP contribution is 2.36. The lowest BCUT2D eigenvalue weighted by Crippen LogP contribution is -2.22. The molecule has 1 rings (SSSR count). The Morgan fingerprint density at radius 1 is 0.636 bits per heavy atom. The molecule has 126 valence electrons. The average molecular weight is 303 g/mol. The van der Waals surface area contributed by atoms with Crippen molar-refractivity contribution < 1.29 is 0 Å². The van der Waals surface area contributed by atoms with E-state index in [1.165, 1.54) is 42.4 Å². The van der Waals surface area contributed by atoms with E-state index in [2.05, 4.69) is 80.5 Å². The van der Waals surface area contributed by atoms with Crippen molar-refractivity contribution in [3.63, 3.8) is 0 Å². The van der Waals surface area contributed by atoms with Crippen LogP contribution in [-0.2, 0) is 16.2 Å². The molecule has 0 fully saturated rings. The van der Waals surface area contributed by atoms with Crippen LogP contribution < -0.4 is 0 Å². The lowest BCUT2D eigenvalue weighted by atomic mass is 9.73. The summed E-state index contributed by atoms with van der Waals surface area (Å²) in [5, 5.41) is 0. The van der Waals surface area contributed by atoms with Gasteiger partial charge in [0.1, 0.15) is 0 Å². The van der Waals surface area contributed by atoms with Crippen LogP contribution in [0.3, 0.4) is 0 Å². The first-order valence-electron chi connectivity index (χ1n) is 9.04. The molecule has 0 unspecified atom stereocenters. The van der Waals surface area contributed by atoms with Crippen LogP contribution in [0, 0.1) is 0 Å². The van der Waals surface area contributed by atoms with Gasteiger partial charge >= 0.3 is 0 Å². The van der Waals surface area contributed by atoms with Gasteiger partial charge in [-0.1, -0.05) is 99.8 Å². The summed E-state index contributed by atoms with van der Waals surface area (Å²) in [6.45, 7) is 21.0. The van der Waals surface area contributed by atoms with Crippen LogP contribution in [0.4, 0.5) is 0 Å². The van der Waals surface area contributed by atoms with Gasteiger partial charge in [0.05, 0.1) is 0 Å². The Hall–Kier alpha value is -0.780. The second kappa shape index (κ2) is 6.77. The normalized spacial score (nSPS) is 13.5. The first-order valence-corrected chi connectivity index (χ1v) is 9.04. The van der Waals surface area contributed by atoms with Crippen molar-refractivity contribution in [3.05, 3.63) is 34.9 Å². The minimum Gasteiger partial charge on any atom is -0.0654 e. The summed E-state index contributed by atoms with van der Waals surface area (Å²) in [4.78, 5) is 0. The lowest BCUT2D eigenvalue weighted by Gasteiger charge is -2.31. The smallest absolute Gasteiger partial charge is 0.0103 e. The molecule has 0 N–H and O–H groups in total. The van der Waals surface area contributed by atoms with Gasteiger partial charge < -0.3 is 0 Å². The summed E-state index contributed by atoms with van der Waals surface area (Å²) >= 11 is 0. The predicted octanol–water partition coefficient (Wildman–Crippen LogP) is 7.14. The maximum absolute atomic E-state index is 2.46. The van der Waals surface area contributed by atoms with Gasteiger partial charge in [0.25, 0.3) is 0 Å². The Bertz CT molecular complexity index is 445. The molecule has 0 aliphatic carbocycles. The van der Waals surface area contributed by atoms with E-state index in [4.69, 9.17) is 0 Å². The minimum atomic E-state index is 0.204. The highest BCUT2D eigenvalue weighted by molar-refractivity contribution is 5.40. The van der Waals surface area contributed by atoms with Crippen LogP contribution in [0.5, 0.6) is 0 Å². The zero-order valence-electron chi connectivity index (χ0n) is 16.6. The third kappa shape index (κ3) is 5.14. The Labute approximate surface area is 139 Å². The number of hydrogen-bond donors (Lipinski definition) is 0. The standard InChI is InChI=1S/C22H38/c1-10-11-12-13-22(8,9)19-15-17(20(2,3)4)14-18(16-19)21(5,6)7/h14-16H,10-13H2,1-9H3. The third-order valence-corrected chi connectivity index (χ3v) is 4.85. The van der Waals surface area contributed by atoms with Gasteiger partial charge in [-0.3, -0.25) is 0 Å². The van der Waals surface area contributed by atoms with Crippen molar-refractivity contribution in [3.8, 4) is 0 Å². The number of unbranched alkanes of at least 4 members (excludes halogenated alkanes) is 2. The van der Waals surface area contributed by atoms with E-state index in [9.17, 15) is 0 Å². The molecule has 0 heterocycles. The van der Waals surface area contributed by atoms with E-state index in [0.29, 0.717) is 0 Å². The molecule has 0 bridgehead atoms. The monoisotopic (exact) mass is 302 g/mol. The van der Waals surface area contributed by atoms with Crippen molar-refractivity contribution in [2.24, 2.45) is 0 Å². The van der Waals surface area contributed by atoms with Gasteiger partial charge in [-0.15, -0.1) is 0 Å². The first-order chi connectivity index (χ1) is 9.88. The molecule has 0 nitrogen and oxygen atoms in total. The zero-order valence-corrected chi connectivity index (χ0v) is 16.6. The Kier molecular flexibility index (Phi) is 5.93. The summed E-state index contributed by atoms with van der Waals surface area (Å²) in [6, 6.07) is 7.34. The van der Waals surface area contributed by atoms with E-state index in [-0.39, 0.29) is 16.2 Å². The van der Waals surface area contributed by atoms with Crippen LogP contribution >= 0.6 is 0 Å². The first kappa shape index (κ1) is 19.3. The molecule has 0 radical (unpaired) electrons. The summed E-state index contributed by atoms with van der Waals surface area (Å²) in [7, 11) is 0. The molecule has 0 spiro atoms.